The molecule has 25 heavy (non-hydrogen) atoms. The zero-order valence-electron chi connectivity index (χ0n) is 15.3. The first-order valence-corrected chi connectivity index (χ1v) is 8.45. The summed E-state index contributed by atoms with van der Waals surface area (Å²) in [6, 6.07) is 5.48. The fraction of sp³-hybridized carbons (Fsp3) is 0.556. The number of benzene rings is 1. The molecule has 6 nitrogen and oxygen atoms in total. The van der Waals surface area contributed by atoms with Crippen molar-refractivity contribution < 1.29 is 14.3 Å². The van der Waals surface area contributed by atoms with Crippen molar-refractivity contribution in [3.05, 3.63) is 23.8 Å². The molecule has 1 aromatic carbocycles. The van der Waals surface area contributed by atoms with E-state index in [2.05, 4.69) is 17.6 Å². The molecule has 1 fully saturated rings. The number of rotatable bonds is 5. The van der Waals surface area contributed by atoms with Crippen molar-refractivity contribution in [2.45, 2.75) is 32.7 Å². The predicted molar refractivity (Wildman–Crippen MR) is 102 cm³/mol. The fourth-order valence-corrected chi connectivity index (χ4v) is 2.91. The van der Waals surface area contributed by atoms with Crippen LogP contribution in [0, 0.1) is 5.92 Å². The maximum atomic E-state index is 12.6. The minimum absolute atomic E-state index is 0. The zero-order chi connectivity index (χ0) is 17.7. The summed E-state index contributed by atoms with van der Waals surface area (Å²) in [6.45, 7) is 5.31. The average Bonchev–Trinajstić information content (AvgIpc) is 2.55. The summed E-state index contributed by atoms with van der Waals surface area (Å²) in [7, 11) is 3.40. The van der Waals surface area contributed by atoms with E-state index in [0.717, 1.165) is 19.4 Å². The second-order valence-electron chi connectivity index (χ2n) is 6.41. The van der Waals surface area contributed by atoms with E-state index in [4.69, 9.17) is 4.74 Å². The maximum Gasteiger partial charge on any atom is 0.253 e. The molecule has 1 heterocycles. The minimum Gasteiger partial charge on any atom is -0.492 e. The van der Waals surface area contributed by atoms with Gasteiger partial charge < -0.3 is 20.3 Å². The van der Waals surface area contributed by atoms with E-state index in [1.807, 2.05) is 6.92 Å². The fourth-order valence-electron chi connectivity index (χ4n) is 2.91. The number of hydrogen-bond donors (Lipinski definition) is 2. The molecule has 1 aromatic rings. The van der Waals surface area contributed by atoms with Crippen molar-refractivity contribution in [2.75, 3.05) is 32.6 Å². The van der Waals surface area contributed by atoms with Crippen molar-refractivity contribution in [2.24, 2.45) is 5.92 Å². The van der Waals surface area contributed by atoms with E-state index in [1.165, 1.54) is 4.90 Å². The molecule has 2 rings (SSSR count). The molecule has 0 radical (unpaired) electrons. The number of nitrogens with one attached hydrogen (secondary N) is 2. The van der Waals surface area contributed by atoms with Crippen LogP contribution >= 0.6 is 12.4 Å². The Morgan fingerprint density at radius 3 is 2.68 bits per heavy atom. The first-order chi connectivity index (χ1) is 11.4. The monoisotopic (exact) mass is 369 g/mol. The van der Waals surface area contributed by atoms with E-state index < -0.39 is 0 Å². The van der Waals surface area contributed by atoms with Gasteiger partial charge in [-0.1, -0.05) is 0 Å². The summed E-state index contributed by atoms with van der Waals surface area (Å²) in [5, 5.41) is 6.30. The molecule has 0 unspecified atom stereocenters. The van der Waals surface area contributed by atoms with Crippen LogP contribution in [0.3, 0.4) is 0 Å². The lowest BCUT2D eigenvalue weighted by Gasteiger charge is -2.27. The highest BCUT2D eigenvalue weighted by Gasteiger charge is 2.25. The van der Waals surface area contributed by atoms with Crippen LogP contribution in [0.25, 0.3) is 0 Å². The van der Waals surface area contributed by atoms with Crippen molar-refractivity contribution in [1.29, 1.82) is 0 Å². The largest absolute Gasteiger partial charge is 0.492 e. The van der Waals surface area contributed by atoms with Gasteiger partial charge in [-0.25, -0.2) is 0 Å². The second-order valence-corrected chi connectivity index (χ2v) is 6.41. The van der Waals surface area contributed by atoms with Crippen molar-refractivity contribution in [3.8, 4) is 5.75 Å². The third-order valence-corrected chi connectivity index (χ3v) is 4.18. The number of halogens is 1. The van der Waals surface area contributed by atoms with E-state index in [-0.39, 0.29) is 30.1 Å². The van der Waals surface area contributed by atoms with Gasteiger partial charge in [-0.05, 0) is 51.4 Å². The lowest BCUT2D eigenvalue weighted by atomic mass is 9.92. The summed E-state index contributed by atoms with van der Waals surface area (Å²) < 4.78 is 5.59. The quantitative estimate of drug-likeness (QED) is 0.836. The predicted octanol–water partition coefficient (Wildman–Crippen LogP) is 2.54. The topological polar surface area (TPSA) is 70.7 Å². The molecule has 0 spiro atoms. The molecule has 1 saturated heterocycles. The van der Waals surface area contributed by atoms with Crippen molar-refractivity contribution in [1.82, 2.24) is 10.2 Å². The van der Waals surface area contributed by atoms with Gasteiger partial charge in [0.25, 0.3) is 5.91 Å². The lowest BCUT2D eigenvalue weighted by molar-refractivity contribution is -0.120. The SMILES string of the molecule is CCOc1ccc(C(=O)N(C)C)cc1NC(=O)[C@H]1CCN[C@@H](C)C1.Cl. The van der Waals surface area contributed by atoms with Crippen LogP contribution in [0.1, 0.15) is 37.0 Å². The van der Waals surface area contributed by atoms with Gasteiger partial charge in [-0.15, -0.1) is 12.4 Å². The summed E-state index contributed by atoms with van der Waals surface area (Å²) in [6.07, 6.45) is 1.63. The van der Waals surface area contributed by atoms with Gasteiger partial charge in [0.2, 0.25) is 5.91 Å². The molecule has 1 aliphatic heterocycles. The number of nitrogens with zero attached hydrogens (tertiary/aromatic N) is 1. The van der Waals surface area contributed by atoms with Gasteiger partial charge in [0.05, 0.1) is 12.3 Å². The summed E-state index contributed by atoms with van der Waals surface area (Å²) in [5.74, 6) is 0.440. The molecule has 140 valence electrons. The maximum absolute atomic E-state index is 12.6. The minimum atomic E-state index is -0.107. The lowest BCUT2D eigenvalue weighted by Crippen LogP contribution is -2.40. The van der Waals surface area contributed by atoms with Crippen molar-refractivity contribution in [3.63, 3.8) is 0 Å². The highest BCUT2D eigenvalue weighted by Crippen LogP contribution is 2.28. The molecule has 0 bridgehead atoms. The number of amides is 2. The number of hydrogen-bond acceptors (Lipinski definition) is 4. The van der Waals surface area contributed by atoms with Gasteiger partial charge in [0.1, 0.15) is 5.75 Å². The van der Waals surface area contributed by atoms with Crippen LogP contribution in [0.4, 0.5) is 5.69 Å². The molecular formula is C18H28ClN3O3. The first kappa shape index (κ1) is 21.3. The Kier molecular flexibility index (Phi) is 8.19. The third-order valence-electron chi connectivity index (χ3n) is 4.18. The van der Waals surface area contributed by atoms with E-state index >= 15 is 0 Å². The smallest absolute Gasteiger partial charge is 0.253 e. The van der Waals surface area contributed by atoms with Crippen molar-refractivity contribution >= 4 is 29.9 Å². The zero-order valence-corrected chi connectivity index (χ0v) is 16.1. The van der Waals surface area contributed by atoms with Gasteiger partial charge in [-0.2, -0.15) is 0 Å². The number of carbonyl (C=O) groups is 2. The first-order valence-electron chi connectivity index (χ1n) is 8.45. The Hall–Kier alpha value is -1.79. The molecule has 2 N–H and O–H groups in total. The Balaban J connectivity index is 0.00000312. The average molecular weight is 370 g/mol. The molecule has 1 aliphatic rings. The van der Waals surface area contributed by atoms with Gasteiger partial charge in [0, 0.05) is 31.6 Å². The molecule has 0 aromatic heterocycles. The van der Waals surface area contributed by atoms with Crippen LogP contribution in [0.2, 0.25) is 0 Å². The Bertz CT molecular complexity index is 607. The van der Waals surface area contributed by atoms with Crippen LogP contribution < -0.4 is 15.4 Å². The van der Waals surface area contributed by atoms with Crippen LogP contribution in [0.15, 0.2) is 18.2 Å². The highest BCUT2D eigenvalue weighted by atomic mass is 35.5. The van der Waals surface area contributed by atoms with E-state index in [1.54, 1.807) is 32.3 Å². The molecule has 7 heteroatoms. The standard InChI is InChI=1S/C18H27N3O3.ClH/c1-5-24-16-7-6-14(18(23)21(3)4)11-15(16)20-17(22)13-8-9-19-12(2)10-13;/h6-7,11-13,19H,5,8-10H2,1-4H3,(H,20,22);1H/t12-,13-;/m0./s1. The molecular weight excluding hydrogens is 342 g/mol. The van der Waals surface area contributed by atoms with E-state index in [0.29, 0.717) is 29.6 Å². The Labute approximate surface area is 155 Å². The molecule has 0 saturated carbocycles. The van der Waals surface area contributed by atoms with Crippen LogP contribution in [0.5, 0.6) is 5.75 Å². The van der Waals surface area contributed by atoms with Crippen LogP contribution in [-0.2, 0) is 4.79 Å². The summed E-state index contributed by atoms with van der Waals surface area (Å²) in [5.41, 5.74) is 1.08. The normalized spacial score (nSPS) is 19.5. The van der Waals surface area contributed by atoms with Gasteiger partial charge in [-0.3, -0.25) is 9.59 Å². The van der Waals surface area contributed by atoms with E-state index in [9.17, 15) is 9.59 Å². The molecule has 0 aliphatic carbocycles. The summed E-state index contributed by atoms with van der Waals surface area (Å²) in [4.78, 5) is 26.3. The number of ether oxygens (including phenoxy) is 1. The Morgan fingerprint density at radius 2 is 2.08 bits per heavy atom. The molecule has 2 atom stereocenters. The molecule has 2 amide bonds. The third kappa shape index (κ3) is 5.61. The van der Waals surface area contributed by atoms with Gasteiger partial charge in [0.15, 0.2) is 0 Å². The second kappa shape index (κ2) is 9.63. The highest BCUT2D eigenvalue weighted by molar-refractivity contribution is 5.98. The van der Waals surface area contributed by atoms with Crippen LogP contribution in [-0.4, -0.2) is 50.0 Å². The summed E-state index contributed by atoms with van der Waals surface area (Å²) >= 11 is 0. The number of anilines is 1. The Morgan fingerprint density at radius 1 is 1.36 bits per heavy atom. The number of carbonyl (C=O) groups excluding carboxylic acids is 2. The van der Waals surface area contributed by atoms with Gasteiger partial charge >= 0.3 is 0 Å². The number of piperidine rings is 1.